The van der Waals surface area contributed by atoms with Gasteiger partial charge < -0.3 is 19.9 Å². The normalized spacial score (nSPS) is 11.6. The standard InChI is InChI=1S/C32H68N.C28H60N.2H2O/c1-5-9-13-17-21-25-29-33(30-26-22-18-14-10-6-2,31-27-23-19-15-11-7-3)32-28-24-20-16-12-8-4;1-5-9-13-17-21-25-29(26-22-18-14-10-6-2,27-23-19-15-11-7-3)28-24-20-16-12-8-4;;/h5-32H2,1-4H3;5-28H2,1-4H3;2*1H2/q2*+1;;/p-2. The molecular weight excluding hydrogens is 781 g/mol. The molecule has 0 aromatic heterocycles. The van der Waals surface area contributed by atoms with Gasteiger partial charge in [-0.2, -0.15) is 0 Å². The lowest BCUT2D eigenvalue weighted by molar-refractivity contribution is -0.929. The van der Waals surface area contributed by atoms with Crippen LogP contribution in [-0.2, 0) is 0 Å². The molecule has 0 rings (SSSR count). The molecule has 0 aliphatic carbocycles. The molecule has 0 fully saturated rings. The van der Waals surface area contributed by atoms with Crippen LogP contribution in [0.1, 0.15) is 338 Å². The van der Waals surface area contributed by atoms with Crippen molar-refractivity contribution >= 4 is 0 Å². The molecule has 0 aliphatic heterocycles. The summed E-state index contributed by atoms with van der Waals surface area (Å²) in [4.78, 5) is 0. The van der Waals surface area contributed by atoms with Crippen molar-refractivity contribution < 1.29 is 19.9 Å². The maximum Gasteiger partial charge on any atom is 0.0786 e. The summed E-state index contributed by atoms with van der Waals surface area (Å²) in [6.45, 7) is 30.5. The zero-order valence-corrected chi connectivity index (χ0v) is 46.6. The third-order valence-corrected chi connectivity index (χ3v) is 14.9. The van der Waals surface area contributed by atoms with Gasteiger partial charge in [-0.25, -0.2) is 0 Å². The lowest BCUT2D eigenvalue weighted by atomic mass is 10.0. The van der Waals surface area contributed by atoms with Crippen molar-refractivity contribution in [2.75, 3.05) is 52.4 Å². The van der Waals surface area contributed by atoms with Crippen molar-refractivity contribution in [1.82, 2.24) is 0 Å². The monoisotopic (exact) mass is 911 g/mol. The van der Waals surface area contributed by atoms with Gasteiger partial charge in [0.05, 0.1) is 52.4 Å². The minimum atomic E-state index is 0. The van der Waals surface area contributed by atoms with Crippen LogP contribution in [0.15, 0.2) is 0 Å². The van der Waals surface area contributed by atoms with Crippen molar-refractivity contribution in [3.05, 3.63) is 0 Å². The maximum atomic E-state index is 2.34. The highest BCUT2D eigenvalue weighted by atomic mass is 16.0. The van der Waals surface area contributed by atoms with Gasteiger partial charge in [0.1, 0.15) is 0 Å². The van der Waals surface area contributed by atoms with E-state index in [1.54, 1.807) is 0 Å². The minimum Gasteiger partial charge on any atom is -0.870 e. The minimum absolute atomic E-state index is 0. The van der Waals surface area contributed by atoms with Crippen LogP contribution in [-0.4, -0.2) is 72.3 Å². The highest BCUT2D eigenvalue weighted by molar-refractivity contribution is 4.57. The van der Waals surface area contributed by atoms with E-state index in [1.807, 2.05) is 0 Å². The molecule has 0 saturated heterocycles. The smallest absolute Gasteiger partial charge is 0.0786 e. The molecule has 4 heteroatoms. The number of hydrogen-bond donors (Lipinski definition) is 0. The summed E-state index contributed by atoms with van der Waals surface area (Å²) in [7, 11) is 0. The molecule has 0 unspecified atom stereocenters. The fraction of sp³-hybridized carbons (Fsp3) is 1.00. The molecule has 0 saturated carbocycles. The van der Waals surface area contributed by atoms with Gasteiger partial charge in [-0.3, -0.25) is 0 Å². The van der Waals surface area contributed by atoms with Gasteiger partial charge >= 0.3 is 0 Å². The molecule has 0 amide bonds. The van der Waals surface area contributed by atoms with E-state index in [0.717, 1.165) is 0 Å². The number of hydrogen-bond acceptors (Lipinski definition) is 2. The van der Waals surface area contributed by atoms with E-state index >= 15 is 0 Å². The molecular formula is C60H130N2O2. The molecule has 0 radical (unpaired) electrons. The van der Waals surface area contributed by atoms with Gasteiger partial charge in [0.25, 0.3) is 0 Å². The predicted octanol–water partition coefficient (Wildman–Crippen LogP) is 20.6. The van der Waals surface area contributed by atoms with Crippen LogP contribution in [0.4, 0.5) is 0 Å². The first kappa shape index (κ1) is 70.4. The van der Waals surface area contributed by atoms with Gasteiger partial charge in [0.2, 0.25) is 0 Å². The van der Waals surface area contributed by atoms with E-state index in [9.17, 15) is 0 Å². The summed E-state index contributed by atoms with van der Waals surface area (Å²) < 4.78 is 2.94. The highest BCUT2D eigenvalue weighted by Crippen LogP contribution is 2.22. The largest absolute Gasteiger partial charge is 0.870 e. The van der Waals surface area contributed by atoms with Crippen LogP contribution in [0.3, 0.4) is 0 Å². The fourth-order valence-corrected chi connectivity index (χ4v) is 10.5. The Balaban J connectivity index is -0.000000550. The van der Waals surface area contributed by atoms with E-state index in [-0.39, 0.29) is 11.0 Å². The van der Waals surface area contributed by atoms with Gasteiger partial charge in [0.15, 0.2) is 0 Å². The van der Waals surface area contributed by atoms with Crippen LogP contribution in [0.2, 0.25) is 0 Å². The quantitative estimate of drug-likeness (QED) is 0.0451. The molecule has 0 atom stereocenters. The molecule has 4 nitrogen and oxygen atoms in total. The Morgan fingerprint density at radius 3 is 0.344 bits per heavy atom. The first-order valence-electron chi connectivity index (χ1n) is 30.2. The molecule has 0 aliphatic rings. The Morgan fingerprint density at radius 2 is 0.234 bits per heavy atom. The fourth-order valence-electron chi connectivity index (χ4n) is 10.5. The second kappa shape index (κ2) is 59.0. The van der Waals surface area contributed by atoms with Gasteiger partial charge in [-0.15, -0.1) is 0 Å². The van der Waals surface area contributed by atoms with E-state index in [4.69, 9.17) is 0 Å². The van der Waals surface area contributed by atoms with Crippen molar-refractivity contribution in [3.63, 3.8) is 0 Å². The third kappa shape index (κ3) is 49.7. The number of unbranched alkanes of at least 4 members (excludes halogenated alkanes) is 36. The molecule has 0 aromatic carbocycles. The molecule has 0 heterocycles. The zero-order chi connectivity index (χ0) is 45.8. The van der Waals surface area contributed by atoms with Crippen molar-refractivity contribution in [2.45, 2.75) is 338 Å². The molecule has 392 valence electrons. The van der Waals surface area contributed by atoms with Crippen molar-refractivity contribution in [2.24, 2.45) is 0 Å². The zero-order valence-electron chi connectivity index (χ0n) is 46.6. The average Bonchev–Trinajstić information content (AvgIpc) is 3.28. The second-order valence-corrected chi connectivity index (χ2v) is 21.2. The van der Waals surface area contributed by atoms with E-state index in [0.29, 0.717) is 0 Å². The summed E-state index contributed by atoms with van der Waals surface area (Å²) in [5.74, 6) is 0. The summed E-state index contributed by atoms with van der Waals surface area (Å²) in [6.07, 6.45) is 63.6. The Morgan fingerprint density at radius 1 is 0.141 bits per heavy atom. The highest BCUT2D eigenvalue weighted by Gasteiger charge is 2.27. The number of nitrogens with zero attached hydrogens (tertiary/aromatic N) is 2. The second-order valence-electron chi connectivity index (χ2n) is 21.2. The third-order valence-electron chi connectivity index (χ3n) is 14.9. The summed E-state index contributed by atoms with van der Waals surface area (Å²) in [5, 5.41) is 0. The molecule has 0 bridgehead atoms. The summed E-state index contributed by atoms with van der Waals surface area (Å²) >= 11 is 0. The van der Waals surface area contributed by atoms with Crippen LogP contribution in [0, 0.1) is 0 Å². The molecule has 2 N–H and O–H groups in total. The summed E-state index contributed by atoms with van der Waals surface area (Å²) in [6, 6.07) is 0. The Labute approximate surface area is 408 Å². The number of quaternary nitrogens is 2. The van der Waals surface area contributed by atoms with Gasteiger partial charge in [0, 0.05) is 0 Å². The van der Waals surface area contributed by atoms with Crippen LogP contribution in [0.5, 0.6) is 0 Å². The Bertz CT molecular complexity index is 659. The SMILES string of the molecule is CCCCCCCC[N+](CCCCCCCC)(CCCCCCCC)CCCCCCCC.CCCCCCC[N+](CCCCCCC)(CCCCCCC)CCCCCCC.[OH-].[OH-]. The van der Waals surface area contributed by atoms with E-state index in [1.165, 1.54) is 344 Å². The maximum absolute atomic E-state index is 2.34. The lowest BCUT2D eigenvalue weighted by Gasteiger charge is -2.40. The number of rotatable bonds is 52. The molecule has 0 aromatic rings. The van der Waals surface area contributed by atoms with Gasteiger partial charge in [-0.05, 0) is 103 Å². The first-order chi connectivity index (χ1) is 30.5. The predicted molar refractivity (Wildman–Crippen MR) is 292 cm³/mol. The Hall–Kier alpha value is -0.160. The van der Waals surface area contributed by atoms with Crippen LogP contribution < -0.4 is 0 Å². The van der Waals surface area contributed by atoms with Crippen molar-refractivity contribution in [1.29, 1.82) is 0 Å². The summed E-state index contributed by atoms with van der Waals surface area (Å²) in [5.41, 5.74) is 0. The van der Waals surface area contributed by atoms with Crippen molar-refractivity contribution in [3.8, 4) is 0 Å². The van der Waals surface area contributed by atoms with Crippen LogP contribution in [0.25, 0.3) is 0 Å². The molecule has 0 spiro atoms. The van der Waals surface area contributed by atoms with Gasteiger partial charge in [-0.1, -0.05) is 235 Å². The average molecular weight is 912 g/mol. The topological polar surface area (TPSA) is 60.0 Å². The van der Waals surface area contributed by atoms with E-state index < -0.39 is 0 Å². The lowest BCUT2D eigenvalue weighted by Crippen LogP contribution is -2.50. The van der Waals surface area contributed by atoms with Crippen LogP contribution >= 0.6 is 0 Å². The first-order valence-corrected chi connectivity index (χ1v) is 30.2. The van der Waals surface area contributed by atoms with E-state index in [2.05, 4.69) is 55.4 Å². The Kier molecular flexibility index (Phi) is 64.9. The molecule has 64 heavy (non-hydrogen) atoms.